The minimum atomic E-state index is -4.74. The fraction of sp³-hybridized carbons (Fsp3) is 0.652. The first kappa shape index (κ1) is 26.4. The molecule has 1 saturated heterocycles. The number of piperazine rings is 1. The zero-order valence-corrected chi connectivity index (χ0v) is 20.3. The van der Waals surface area contributed by atoms with E-state index in [2.05, 4.69) is 18.7 Å². The van der Waals surface area contributed by atoms with Gasteiger partial charge in [0.15, 0.2) is 0 Å². The van der Waals surface area contributed by atoms with Crippen LogP contribution in [0.25, 0.3) is 0 Å². The summed E-state index contributed by atoms with van der Waals surface area (Å²) in [5.41, 5.74) is -0.195. The van der Waals surface area contributed by atoms with Crippen LogP contribution in [0.15, 0.2) is 29.2 Å². The van der Waals surface area contributed by atoms with E-state index in [0.717, 1.165) is 19.2 Å². The van der Waals surface area contributed by atoms with E-state index in [0.29, 0.717) is 36.3 Å². The summed E-state index contributed by atoms with van der Waals surface area (Å²) < 4.78 is 67.1. The highest BCUT2D eigenvalue weighted by atomic mass is 32.2. The van der Waals surface area contributed by atoms with E-state index >= 15 is 0 Å². The van der Waals surface area contributed by atoms with Gasteiger partial charge >= 0.3 is 6.18 Å². The summed E-state index contributed by atoms with van der Waals surface area (Å²) in [4.78, 5) is 16.7. The van der Waals surface area contributed by atoms with E-state index in [-0.39, 0.29) is 30.2 Å². The van der Waals surface area contributed by atoms with Crippen LogP contribution in [0, 0.1) is 17.2 Å². The third-order valence-corrected chi connectivity index (χ3v) is 8.70. The molecule has 2 aliphatic rings. The van der Waals surface area contributed by atoms with Crippen molar-refractivity contribution in [3.05, 3.63) is 29.8 Å². The highest BCUT2D eigenvalue weighted by Gasteiger charge is 2.43. The number of halogens is 3. The van der Waals surface area contributed by atoms with Gasteiger partial charge < -0.3 is 4.90 Å². The Labute approximate surface area is 199 Å². The molecule has 2 fully saturated rings. The Hall–Kier alpha value is -2.16. The van der Waals surface area contributed by atoms with Crippen LogP contribution in [0.4, 0.5) is 13.2 Å². The largest absolute Gasteiger partial charge is 0.402 e. The van der Waals surface area contributed by atoms with Gasteiger partial charge in [0.25, 0.3) is 0 Å². The predicted molar refractivity (Wildman–Crippen MR) is 120 cm³/mol. The van der Waals surface area contributed by atoms with Crippen LogP contribution in [-0.4, -0.2) is 79.4 Å². The number of hydrogen-bond donors (Lipinski definition) is 0. The van der Waals surface area contributed by atoms with E-state index in [1.807, 2.05) is 4.90 Å². The van der Waals surface area contributed by atoms with Crippen LogP contribution in [0.1, 0.15) is 45.1 Å². The van der Waals surface area contributed by atoms with Crippen molar-refractivity contribution in [3.63, 3.8) is 0 Å². The number of sulfonamides is 1. The maximum absolute atomic E-state index is 13.4. The molecule has 0 bridgehead atoms. The van der Waals surface area contributed by atoms with Gasteiger partial charge in [0, 0.05) is 44.2 Å². The van der Waals surface area contributed by atoms with Gasteiger partial charge in [0.05, 0.1) is 10.5 Å². The van der Waals surface area contributed by atoms with Gasteiger partial charge in [-0.1, -0.05) is 12.1 Å². The lowest BCUT2D eigenvalue weighted by molar-refractivity contribution is -0.144. The van der Waals surface area contributed by atoms with E-state index < -0.39 is 33.7 Å². The van der Waals surface area contributed by atoms with Gasteiger partial charge in [-0.25, -0.2) is 8.42 Å². The smallest absolute Gasteiger partial charge is 0.340 e. The Morgan fingerprint density at radius 3 is 2.24 bits per heavy atom. The summed E-state index contributed by atoms with van der Waals surface area (Å²) in [5, 5.41) is 9.27. The second-order valence-corrected chi connectivity index (χ2v) is 11.1. The number of amides is 1. The van der Waals surface area contributed by atoms with Gasteiger partial charge in [0.2, 0.25) is 15.9 Å². The molecule has 188 valence electrons. The number of alkyl halides is 3. The van der Waals surface area contributed by atoms with Crippen LogP contribution >= 0.6 is 0 Å². The van der Waals surface area contributed by atoms with E-state index in [9.17, 15) is 31.6 Å². The molecular formula is C23H31F3N4O3S. The highest BCUT2D eigenvalue weighted by Crippen LogP contribution is 2.35. The summed E-state index contributed by atoms with van der Waals surface area (Å²) in [6.07, 6.45) is -3.76. The van der Waals surface area contributed by atoms with E-state index in [4.69, 9.17) is 0 Å². The van der Waals surface area contributed by atoms with Crippen molar-refractivity contribution >= 4 is 15.9 Å². The molecule has 11 heteroatoms. The molecule has 0 unspecified atom stereocenters. The second kappa shape index (κ2) is 10.6. The fourth-order valence-corrected chi connectivity index (χ4v) is 6.64. The number of nitriles is 1. The molecule has 34 heavy (non-hydrogen) atoms. The number of carbonyl (C=O) groups excluding carboxylic acids is 1. The van der Waals surface area contributed by atoms with Crippen molar-refractivity contribution in [2.75, 3.05) is 32.7 Å². The third kappa shape index (κ3) is 6.09. The third-order valence-electron chi connectivity index (χ3n) is 6.74. The molecule has 1 amide bonds. The van der Waals surface area contributed by atoms with Crippen LogP contribution in [-0.2, 0) is 14.8 Å². The van der Waals surface area contributed by atoms with Crippen LogP contribution in [0.2, 0.25) is 0 Å². The second-order valence-electron chi connectivity index (χ2n) is 9.23. The maximum Gasteiger partial charge on any atom is 0.402 e. The lowest BCUT2D eigenvalue weighted by Crippen LogP contribution is -2.53. The molecule has 1 aliphatic carbocycles. The van der Waals surface area contributed by atoms with Crippen molar-refractivity contribution in [1.29, 1.82) is 5.26 Å². The molecule has 0 atom stereocenters. The van der Waals surface area contributed by atoms with Gasteiger partial charge in [-0.05, 0) is 51.7 Å². The molecular weight excluding hydrogens is 469 g/mol. The van der Waals surface area contributed by atoms with Crippen molar-refractivity contribution in [3.8, 4) is 6.07 Å². The first-order valence-corrected chi connectivity index (χ1v) is 13.0. The molecule has 0 aromatic heterocycles. The Balaban J connectivity index is 1.72. The predicted octanol–water partition coefficient (Wildman–Crippen LogP) is 3.22. The molecule has 1 aromatic rings. The molecule has 1 saturated carbocycles. The Kier molecular flexibility index (Phi) is 8.26. The molecule has 7 nitrogen and oxygen atoms in total. The first-order chi connectivity index (χ1) is 15.9. The Morgan fingerprint density at radius 1 is 1.12 bits per heavy atom. The van der Waals surface area contributed by atoms with Crippen molar-refractivity contribution in [2.24, 2.45) is 5.92 Å². The summed E-state index contributed by atoms with van der Waals surface area (Å²) in [7, 11) is -4.56. The normalized spacial score (nSPS) is 22.7. The maximum atomic E-state index is 13.4. The van der Waals surface area contributed by atoms with Crippen LogP contribution < -0.4 is 0 Å². The van der Waals surface area contributed by atoms with Gasteiger partial charge in [-0.15, -0.1) is 0 Å². The van der Waals surface area contributed by atoms with Crippen molar-refractivity contribution in [1.82, 2.24) is 14.1 Å². The van der Waals surface area contributed by atoms with Crippen molar-refractivity contribution in [2.45, 2.75) is 62.7 Å². The number of benzene rings is 1. The zero-order valence-electron chi connectivity index (χ0n) is 19.5. The number of carbonyl (C=O) groups is 1. The SMILES string of the molecule is CC(C)N1CCN(C(=O)[C@H]2CC[C@H](N(CC(F)(F)F)S(=O)(=O)c3ccccc3C#N)CC2)CC1. The van der Waals surface area contributed by atoms with Gasteiger partial charge in [-0.3, -0.25) is 9.69 Å². The number of nitrogens with zero attached hydrogens (tertiary/aromatic N) is 4. The quantitative estimate of drug-likeness (QED) is 0.599. The minimum absolute atomic E-state index is 0.00177. The topological polar surface area (TPSA) is 84.7 Å². The average molecular weight is 501 g/mol. The molecule has 0 radical (unpaired) electrons. The molecule has 1 aromatic carbocycles. The number of rotatable bonds is 6. The molecule has 1 aliphatic heterocycles. The van der Waals surface area contributed by atoms with Gasteiger partial charge in [0.1, 0.15) is 12.6 Å². The Bertz CT molecular complexity index is 1010. The fourth-order valence-electron chi connectivity index (χ4n) is 4.82. The van der Waals surface area contributed by atoms with Crippen LogP contribution in [0.5, 0.6) is 0 Å². The zero-order chi connectivity index (χ0) is 25.1. The van der Waals surface area contributed by atoms with E-state index in [1.165, 1.54) is 18.2 Å². The summed E-state index contributed by atoms with van der Waals surface area (Å²) in [6, 6.07) is 6.54. The summed E-state index contributed by atoms with van der Waals surface area (Å²) in [6.45, 7) is 5.40. The van der Waals surface area contributed by atoms with E-state index in [1.54, 1.807) is 6.07 Å². The molecule has 0 spiro atoms. The minimum Gasteiger partial charge on any atom is -0.340 e. The van der Waals surface area contributed by atoms with Crippen LogP contribution in [0.3, 0.4) is 0 Å². The summed E-state index contributed by atoms with van der Waals surface area (Å²) >= 11 is 0. The molecule has 0 N–H and O–H groups in total. The lowest BCUT2D eigenvalue weighted by Gasteiger charge is -2.40. The standard InChI is InChI=1S/C23H31F3N4O3S/c1-17(2)28-11-13-29(14-12-28)22(31)18-7-9-20(10-8-18)30(16-23(24,25)26)34(32,33)21-6-4-3-5-19(21)15-27/h3-6,17-18,20H,7-14,16H2,1-2H3/t18-,20-. The lowest BCUT2D eigenvalue weighted by atomic mass is 9.85. The average Bonchev–Trinajstić information content (AvgIpc) is 2.81. The Morgan fingerprint density at radius 2 is 1.71 bits per heavy atom. The number of hydrogen-bond acceptors (Lipinski definition) is 5. The molecule has 3 rings (SSSR count). The first-order valence-electron chi connectivity index (χ1n) is 11.5. The van der Waals surface area contributed by atoms with Gasteiger partial charge in [-0.2, -0.15) is 22.7 Å². The monoisotopic (exact) mass is 500 g/mol. The highest BCUT2D eigenvalue weighted by molar-refractivity contribution is 7.89. The summed E-state index contributed by atoms with van der Waals surface area (Å²) in [5.74, 6) is -0.314. The molecule has 1 heterocycles. The van der Waals surface area contributed by atoms with Crippen molar-refractivity contribution < 1.29 is 26.4 Å².